The van der Waals surface area contributed by atoms with Crippen LogP contribution in [0.15, 0.2) is 72.8 Å². The number of carbonyl (C=O) groups excluding carboxylic acids is 2. The minimum atomic E-state index is -0.391. The zero-order chi connectivity index (χ0) is 24.9. The largest absolute Gasteiger partial charge is 0.484 e. The fraction of sp³-hybridized carbons (Fsp3) is 0.241. The minimum absolute atomic E-state index is 0.149. The van der Waals surface area contributed by atoms with Crippen LogP contribution in [0.5, 0.6) is 5.75 Å². The van der Waals surface area contributed by atoms with Crippen LogP contribution in [-0.4, -0.2) is 36.5 Å². The number of nitrogens with zero attached hydrogens (tertiary/aromatic N) is 1. The van der Waals surface area contributed by atoms with E-state index in [1.807, 2.05) is 60.7 Å². The van der Waals surface area contributed by atoms with E-state index in [0.29, 0.717) is 16.3 Å². The number of ether oxygens (including phenoxy) is 2. The quantitative estimate of drug-likeness (QED) is 0.317. The molecule has 5 rings (SSSR count). The zero-order valence-electron chi connectivity index (χ0n) is 20.2. The van der Waals surface area contributed by atoms with Crippen molar-refractivity contribution in [1.29, 1.82) is 0 Å². The molecule has 1 amide bonds. The summed E-state index contributed by atoms with van der Waals surface area (Å²) >= 11 is 1.45. The molecule has 6 nitrogen and oxygen atoms in total. The molecule has 1 aliphatic rings. The number of hydrogen-bond donors (Lipinski definition) is 1. The standard InChI is InChI=1S/C29H28N2O4S/c1-2-34-29(33)27-24-14-15-31(17-20-8-4-3-5-9-20)18-25(24)36-28(27)30-26(32)19-35-23-13-12-21-10-6-7-11-22(21)16-23/h3-13,16H,2,14-15,17-19H2,1H3,(H,30,32). The summed E-state index contributed by atoms with van der Waals surface area (Å²) in [4.78, 5) is 29.1. The van der Waals surface area contributed by atoms with Crippen molar-refractivity contribution >= 4 is 39.0 Å². The fourth-order valence-electron chi connectivity index (χ4n) is 4.51. The second-order valence-corrected chi connectivity index (χ2v) is 9.83. The van der Waals surface area contributed by atoms with Crippen molar-refractivity contribution < 1.29 is 19.1 Å². The molecule has 0 radical (unpaired) electrons. The molecule has 7 heteroatoms. The zero-order valence-corrected chi connectivity index (χ0v) is 21.0. The van der Waals surface area contributed by atoms with Gasteiger partial charge in [0.15, 0.2) is 6.61 Å². The van der Waals surface area contributed by atoms with E-state index in [2.05, 4.69) is 22.3 Å². The van der Waals surface area contributed by atoms with Crippen molar-refractivity contribution in [3.05, 3.63) is 94.4 Å². The van der Waals surface area contributed by atoms with Gasteiger partial charge in [0, 0.05) is 24.5 Å². The van der Waals surface area contributed by atoms with Crippen LogP contribution in [0.4, 0.5) is 5.00 Å². The summed E-state index contributed by atoms with van der Waals surface area (Å²) in [5.41, 5.74) is 2.71. The third-order valence-electron chi connectivity index (χ3n) is 6.21. The molecule has 0 bridgehead atoms. The predicted octanol–water partition coefficient (Wildman–Crippen LogP) is 5.65. The highest BCUT2D eigenvalue weighted by Gasteiger charge is 2.29. The number of thiophene rings is 1. The smallest absolute Gasteiger partial charge is 0.341 e. The molecule has 0 saturated heterocycles. The van der Waals surface area contributed by atoms with Gasteiger partial charge >= 0.3 is 5.97 Å². The van der Waals surface area contributed by atoms with E-state index in [4.69, 9.17) is 9.47 Å². The first kappa shape index (κ1) is 24.0. The second kappa shape index (κ2) is 10.9. The number of carbonyl (C=O) groups is 2. The van der Waals surface area contributed by atoms with Gasteiger partial charge in [0.1, 0.15) is 10.8 Å². The number of benzene rings is 3. The predicted molar refractivity (Wildman–Crippen MR) is 143 cm³/mol. The first-order valence-corrected chi connectivity index (χ1v) is 12.9. The lowest BCUT2D eigenvalue weighted by molar-refractivity contribution is -0.118. The minimum Gasteiger partial charge on any atom is -0.484 e. The van der Waals surface area contributed by atoms with Gasteiger partial charge in [-0.1, -0.05) is 60.7 Å². The van der Waals surface area contributed by atoms with Crippen molar-refractivity contribution in [2.45, 2.75) is 26.4 Å². The van der Waals surface area contributed by atoms with Crippen LogP contribution in [0, 0.1) is 0 Å². The lowest BCUT2D eigenvalue weighted by atomic mass is 10.0. The average molecular weight is 501 g/mol. The Bertz CT molecular complexity index is 1380. The van der Waals surface area contributed by atoms with Crippen molar-refractivity contribution in [2.75, 3.05) is 25.1 Å². The molecule has 36 heavy (non-hydrogen) atoms. The van der Waals surface area contributed by atoms with Crippen LogP contribution >= 0.6 is 11.3 Å². The summed E-state index contributed by atoms with van der Waals surface area (Å²) in [5.74, 6) is -0.0813. The van der Waals surface area contributed by atoms with Crippen LogP contribution in [0.25, 0.3) is 10.8 Å². The highest BCUT2D eigenvalue weighted by molar-refractivity contribution is 7.17. The number of esters is 1. The van der Waals surface area contributed by atoms with Crippen molar-refractivity contribution in [1.82, 2.24) is 4.90 Å². The van der Waals surface area contributed by atoms with Crippen LogP contribution in [0.1, 0.15) is 33.3 Å². The van der Waals surface area contributed by atoms with Crippen molar-refractivity contribution in [3.8, 4) is 5.75 Å². The molecule has 1 aromatic heterocycles. The van der Waals surface area contributed by atoms with E-state index in [1.165, 1.54) is 16.9 Å². The molecule has 0 fully saturated rings. The molecular weight excluding hydrogens is 472 g/mol. The Morgan fingerprint density at radius 1 is 1.00 bits per heavy atom. The molecule has 0 spiro atoms. The van der Waals surface area contributed by atoms with Gasteiger partial charge in [-0.2, -0.15) is 0 Å². The number of hydrogen-bond acceptors (Lipinski definition) is 6. The van der Waals surface area contributed by atoms with Gasteiger partial charge < -0.3 is 14.8 Å². The summed E-state index contributed by atoms with van der Waals surface area (Å²) in [5, 5.41) is 5.61. The Labute approximate surface area is 214 Å². The van der Waals surface area contributed by atoms with Gasteiger partial charge in [-0.3, -0.25) is 9.69 Å². The average Bonchev–Trinajstić information content (AvgIpc) is 3.25. The lowest BCUT2D eigenvalue weighted by Crippen LogP contribution is -2.30. The fourth-order valence-corrected chi connectivity index (χ4v) is 5.80. The Morgan fingerprint density at radius 2 is 1.78 bits per heavy atom. The molecular formula is C29H28N2O4S. The Balaban J connectivity index is 1.30. The Hall–Kier alpha value is -3.68. The molecule has 0 aliphatic carbocycles. The number of amides is 1. The summed E-state index contributed by atoms with van der Waals surface area (Å²) < 4.78 is 11.1. The summed E-state index contributed by atoms with van der Waals surface area (Å²) in [6, 6.07) is 24.1. The third kappa shape index (κ3) is 5.42. The summed E-state index contributed by atoms with van der Waals surface area (Å²) in [6.07, 6.45) is 0.732. The Morgan fingerprint density at radius 3 is 2.58 bits per heavy atom. The highest BCUT2D eigenvalue weighted by atomic mass is 32.1. The normalized spacial score (nSPS) is 13.2. The maximum Gasteiger partial charge on any atom is 0.341 e. The van der Waals surface area contributed by atoms with Gasteiger partial charge in [0.05, 0.1) is 12.2 Å². The number of nitrogens with one attached hydrogen (secondary N) is 1. The van der Waals surface area contributed by atoms with Crippen LogP contribution in [0.3, 0.4) is 0 Å². The second-order valence-electron chi connectivity index (χ2n) is 8.72. The summed E-state index contributed by atoms with van der Waals surface area (Å²) in [7, 11) is 0. The van der Waals surface area contributed by atoms with E-state index in [0.717, 1.165) is 47.3 Å². The van der Waals surface area contributed by atoms with Crippen LogP contribution in [-0.2, 0) is 29.0 Å². The third-order valence-corrected chi connectivity index (χ3v) is 7.34. The number of anilines is 1. The number of rotatable bonds is 8. The highest BCUT2D eigenvalue weighted by Crippen LogP contribution is 2.38. The molecule has 0 atom stereocenters. The van der Waals surface area contributed by atoms with E-state index < -0.39 is 5.97 Å². The van der Waals surface area contributed by atoms with Gasteiger partial charge in [-0.05, 0) is 47.4 Å². The molecule has 0 saturated carbocycles. The van der Waals surface area contributed by atoms with Crippen LogP contribution in [0.2, 0.25) is 0 Å². The summed E-state index contributed by atoms with van der Waals surface area (Å²) in [6.45, 7) is 4.32. The van der Waals surface area contributed by atoms with Gasteiger partial charge in [0.2, 0.25) is 0 Å². The molecule has 4 aromatic rings. The number of fused-ring (bicyclic) bond motifs is 2. The van der Waals surface area contributed by atoms with E-state index in [9.17, 15) is 9.59 Å². The molecule has 3 aromatic carbocycles. The monoisotopic (exact) mass is 500 g/mol. The van der Waals surface area contributed by atoms with Crippen molar-refractivity contribution in [2.24, 2.45) is 0 Å². The van der Waals surface area contributed by atoms with E-state index in [-0.39, 0.29) is 19.1 Å². The van der Waals surface area contributed by atoms with E-state index in [1.54, 1.807) is 6.92 Å². The maximum atomic E-state index is 12.8. The molecule has 2 heterocycles. The lowest BCUT2D eigenvalue weighted by Gasteiger charge is -2.27. The molecule has 1 aliphatic heterocycles. The SMILES string of the molecule is CCOC(=O)c1c(NC(=O)COc2ccc3ccccc3c2)sc2c1CCN(Cc1ccccc1)C2. The molecule has 184 valence electrons. The van der Waals surface area contributed by atoms with Gasteiger partial charge in [0.25, 0.3) is 5.91 Å². The maximum absolute atomic E-state index is 12.8. The van der Waals surface area contributed by atoms with Crippen LogP contribution < -0.4 is 10.1 Å². The van der Waals surface area contributed by atoms with Gasteiger partial charge in [-0.15, -0.1) is 11.3 Å². The van der Waals surface area contributed by atoms with E-state index >= 15 is 0 Å². The topological polar surface area (TPSA) is 67.9 Å². The van der Waals surface area contributed by atoms with Gasteiger partial charge in [-0.25, -0.2) is 4.79 Å². The first-order chi connectivity index (χ1) is 17.6. The Kier molecular flexibility index (Phi) is 7.30. The molecule has 0 unspecified atom stereocenters. The molecule has 1 N–H and O–H groups in total. The van der Waals surface area contributed by atoms with Crippen molar-refractivity contribution in [3.63, 3.8) is 0 Å². The first-order valence-electron chi connectivity index (χ1n) is 12.1.